The summed E-state index contributed by atoms with van der Waals surface area (Å²) in [5, 5.41) is 10.3. The fourth-order valence-electron chi connectivity index (χ4n) is 4.84. The molecule has 10 nitrogen and oxygen atoms in total. The highest BCUT2D eigenvalue weighted by atomic mass is 16.6. The highest BCUT2D eigenvalue weighted by Crippen LogP contribution is 2.47. The minimum atomic E-state index is -1.16. The van der Waals surface area contributed by atoms with Crippen LogP contribution in [0.25, 0.3) is 0 Å². The molecular weight excluding hydrogens is 424 g/mol. The topological polar surface area (TPSA) is 135 Å². The lowest BCUT2D eigenvalue weighted by atomic mass is 9.80. The van der Waals surface area contributed by atoms with Crippen LogP contribution in [0.3, 0.4) is 0 Å². The van der Waals surface area contributed by atoms with Crippen LogP contribution in [0.1, 0.15) is 26.7 Å². The van der Waals surface area contributed by atoms with Gasteiger partial charge in [-0.3, -0.25) is 4.79 Å². The van der Waals surface area contributed by atoms with Crippen LogP contribution in [-0.4, -0.2) is 62.0 Å². The maximum atomic E-state index is 13.1. The molecule has 1 aliphatic carbocycles. The number of fused-ring (bicyclic) bond motifs is 1. The van der Waals surface area contributed by atoms with Crippen LogP contribution >= 0.6 is 0 Å². The Labute approximate surface area is 185 Å². The summed E-state index contributed by atoms with van der Waals surface area (Å²) in [7, 11) is 2.48. The van der Waals surface area contributed by atoms with E-state index < -0.39 is 60.1 Å². The van der Waals surface area contributed by atoms with Gasteiger partial charge in [-0.1, -0.05) is 6.92 Å². The second kappa shape index (κ2) is 9.72. The lowest BCUT2D eigenvalue weighted by molar-refractivity contribution is -0.154. The van der Waals surface area contributed by atoms with Crippen LogP contribution in [0.2, 0.25) is 0 Å². The molecule has 0 aromatic rings. The van der Waals surface area contributed by atoms with Gasteiger partial charge < -0.3 is 33.6 Å². The predicted molar refractivity (Wildman–Crippen MR) is 106 cm³/mol. The molecule has 0 amide bonds. The average molecular weight is 452 g/mol. The molecule has 3 aliphatic rings. The van der Waals surface area contributed by atoms with Gasteiger partial charge in [-0.2, -0.15) is 0 Å². The van der Waals surface area contributed by atoms with Gasteiger partial charge >= 0.3 is 17.9 Å². The molecule has 1 saturated carbocycles. The molecule has 32 heavy (non-hydrogen) atoms. The van der Waals surface area contributed by atoms with E-state index in [1.54, 1.807) is 13.8 Å². The normalized spacial score (nSPS) is 35.8. The van der Waals surface area contributed by atoms with Crippen molar-refractivity contribution in [3.8, 4) is 0 Å². The van der Waals surface area contributed by atoms with Crippen LogP contribution in [0.4, 0.5) is 0 Å². The van der Waals surface area contributed by atoms with Crippen molar-refractivity contribution in [3.05, 3.63) is 23.7 Å². The Hall–Kier alpha value is -2.88. The molecule has 8 atom stereocenters. The van der Waals surface area contributed by atoms with E-state index in [1.807, 2.05) is 0 Å². The van der Waals surface area contributed by atoms with Crippen LogP contribution in [0, 0.1) is 29.6 Å². The van der Waals surface area contributed by atoms with Gasteiger partial charge in [0.2, 0.25) is 0 Å². The Bertz CT molecular complexity index is 831. The number of carbonyl (C=O) groups excluding carboxylic acids is 4. The number of aliphatic hydroxyl groups is 1. The van der Waals surface area contributed by atoms with Gasteiger partial charge in [0.1, 0.15) is 18.5 Å². The van der Waals surface area contributed by atoms with E-state index in [4.69, 9.17) is 23.7 Å². The van der Waals surface area contributed by atoms with E-state index >= 15 is 0 Å². The largest absolute Gasteiger partial charge is 0.497 e. The Morgan fingerprint density at radius 1 is 1.09 bits per heavy atom. The van der Waals surface area contributed by atoms with Crippen molar-refractivity contribution < 1.29 is 48.0 Å². The summed E-state index contributed by atoms with van der Waals surface area (Å²) < 4.78 is 25.9. The van der Waals surface area contributed by atoms with E-state index in [1.165, 1.54) is 26.7 Å². The van der Waals surface area contributed by atoms with E-state index in [9.17, 15) is 24.3 Å². The third-order valence-electron chi connectivity index (χ3n) is 6.71. The Kier molecular flexibility index (Phi) is 7.22. The smallest absolute Gasteiger partial charge is 0.337 e. The Balaban J connectivity index is 1.80. The second-order valence-corrected chi connectivity index (χ2v) is 8.33. The number of hydrogen-bond acceptors (Lipinski definition) is 10. The summed E-state index contributed by atoms with van der Waals surface area (Å²) in [5.74, 6) is -4.58. The molecule has 1 N–H and O–H groups in total. The number of aldehydes is 1. The number of rotatable bonds is 6. The standard InChI is InChI=1S/C22H28O10/c1-10-17(5-13-16(20(25)29-4)9-31-22(27)19(10)13)32-21(26)15-8-30-11(2)14(7-23)12(15)6-18(24)28-3/h7-14,17,19,22,27H,5-6H2,1-4H3/t10-,11-,12-,13+,14+,17-,19+,22+/m0/s1. The number of methoxy groups -OCH3 is 2. The summed E-state index contributed by atoms with van der Waals surface area (Å²) in [6, 6.07) is 0. The summed E-state index contributed by atoms with van der Waals surface area (Å²) in [6.45, 7) is 3.47. The molecule has 0 saturated heterocycles. The van der Waals surface area contributed by atoms with Gasteiger partial charge in [0, 0.05) is 23.7 Å². The molecular formula is C22H28O10. The van der Waals surface area contributed by atoms with Crippen LogP contribution in [-0.2, 0) is 42.9 Å². The monoisotopic (exact) mass is 452 g/mol. The van der Waals surface area contributed by atoms with Crippen molar-refractivity contribution in [3.63, 3.8) is 0 Å². The van der Waals surface area contributed by atoms with Crippen molar-refractivity contribution in [2.24, 2.45) is 29.6 Å². The SMILES string of the molecule is COC(=O)C[C@@H]1C(C(=O)O[C@H]2C[C@@H]3C(C(=O)OC)=CO[C@@H](O)[C@@H]3[C@H]2C)=CO[C@@H](C)[C@H]1C=O. The lowest BCUT2D eigenvalue weighted by Crippen LogP contribution is -2.39. The molecule has 176 valence electrons. The molecule has 3 rings (SSSR count). The summed E-state index contributed by atoms with van der Waals surface area (Å²) in [4.78, 5) is 48.7. The molecule has 0 spiro atoms. The number of esters is 3. The highest BCUT2D eigenvalue weighted by molar-refractivity contribution is 5.91. The first kappa shape index (κ1) is 23.8. The molecule has 10 heteroatoms. The number of aliphatic hydroxyl groups excluding tert-OH is 1. The lowest BCUT2D eigenvalue weighted by Gasteiger charge is -2.33. The molecule has 2 heterocycles. The third kappa shape index (κ3) is 4.36. The Morgan fingerprint density at radius 2 is 1.78 bits per heavy atom. The molecule has 0 bridgehead atoms. The van der Waals surface area contributed by atoms with Crippen molar-refractivity contribution in [1.29, 1.82) is 0 Å². The molecule has 0 aromatic heterocycles. The van der Waals surface area contributed by atoms with Gasteiger partial charge in [0.25, 0.3) is 0 Å². The zero-order chi connectivity index (χ0) is 23.6. The van der Waals surface area contributed by atoms with Gasteiger partial charge in [-0.05, 0) is 13.3 Å². The van der Waals surface area contributed by atoms with Gasteiger partial charge in [0.15, 0.2) is 6.29 Å². The fraction of sp³-hybridized carbons (Fsp3) is 0.636. The van der Waals surface area contributed by atoms with E-state index in [2.05, 4.69) is 0 Å². The number of ether oxygens (including phenoxy) is 5. The summed E-state index contributed by atoms with van der Waals surface area (Å²) in [5.41, 5.74) is 0.333. The van der Waals surface area contributed by atoms with E-state index in [0.29, 0.717) is 6.29 Å². The minimum Gasteiger partial charge on any atom is -0.497 e. The highest BCUT2D eigenvalue weighted by Gasteiger charge is 2.52. The first-order valence-electron chi connectivity index (χ1n) is 10.4. The zero-order valence-corrected chi connectivity index (χ0v) is 18.4. The van der Waals surface area contributed by atoms with Crippen LogP contribution in [0.5, 0.6) is 0 Å². The van der Waals surface area contributed by atoms with Crippen molar-refractivity contribution in [1.82, 2.24) is 0 Å². The van der Waals surface area contributed by atoms with E-state index in [0.717, 1.165) is 0 Å². The predicted octanol–water partition coefficient (Wildman–Crippen LogP) is 0.873. The van der Waals surface area contributed by atoms with Gasteiger partial charge in [-0.25, -0.2) is 9.59 Å². The zero-order valence-electron chi connectivity index (χ0n) is 18.4. The molecule has 0 radical (unpaired) electrons. The quantitative estimate of drug-likeness (QED) is 0.351. The summed E-state index contributed by atoms with van der Waals surface area (Å²) >= 11 is 0. The van der Waals surface area contributed by atoms with Crippen molar-refractivity contribution in [2.45, 2.75) is 45.2 Å². The minimum absolute atomic E-state index is 0.0632. The van der Waals surface area contributed by atoms with Gasteiger partial charge in [-0.15, -0.1) is 0 Å². The van der Waals surface area contributed by atoms with Crippen LogP contribution in [0.15, 0.2) is 23.7 Å². The second-order valence-electron chi connectivity index (χ2n) is 8.33. The fourth-order valence-corrected chi connectivity index (χ4v) is 4.84. The van der Waals surface area contributed by atoms with Gasteiger partial charge in [0.05, 0.1) is 50.2 Å². The first-order chi connectivity index (χ1) is 15.2. The summed E-state index contributed by atoms with van der Waals surface area (Å²) in [6.07, 6.45) is 0.857. The molecule has 0 unspecified atom stereocenters. The maximum absolute atomic E-state index is 13.1. The number of hydrogen-bond donors (Lipinski definition) is 1. The first-order valence-corrected chi connectivity index (χ1v) is 10.4. The molecule has 2 aliphatic heterocycles. The average Bonchev–Trinajstić information content (AvgIpc) is 3.10. The number of carbonyl (C=O) groups is 4. The third-order valence-corrected chi connectivity index (χ3v) is 6.71. The van der Waals surface area contributed by atoms with Crippen LogP contribution < -0.4 is 0 Å². The van der Waals surface area contributed by atoms with Crippen molar-refractivity contribution in [2.75, 3.05) is 14.2 Å². The molecule has 0 aromatic carbocycles. The van der Waals surface area contributed by atoms with E-state index in [-0.39, 0.29) is 29.9 Å². The molecule has 1 fully saturated rings. The maximum Gasteiger partial charge on any atom is 0.337 e. The van der Waals surface area contributed by atoms with Crippen molar-refractivity contribution >= 4 is 24.2 Å². The Morgan fingerprint density at radius 3 is 2.41 bits per heavy atom.